The van der Waals surface area contributed by atoms with Gasteiger partial charge in [-0.05, 0) is 49.2 Å². The maximum absolute atomic E-state index is 13.9. The van der Waals surface area contributed by atoms with Gasteiger partial charge in [0.1, 0.15) is 23.1 Å². The fourth-order valence-corrected chi connectivity index (χ4v) is 2.35. The molecule has 1 N–H and O–H groups in total. The van der Waals surface area contributed by atoms with Crippen LogP contribution in [-0.4, -0.2) is 4.98 Å². The minimum atomic E-state index is -0.433. The second kappa shape index (κ2) is 5.45. The number of hydrogen-bond donors (Lipinski definition) is 1. The van der Waals surface area contributed by atoms with Crippen LogP contribution >= 0.6 is 0 Å². The van der Waals surface area contributed by atoms with Gasteiger partial charge >= 0.3 is 0 Å². The Morgan fingerprint density at radius 3 is 2.64 bits per heavy atom. The molecule has 1 aromatic heterocycles. The van der Waals surface area contributed by atoms with E-state index in [0.717, 1.165) is 11.3 Å². The molecule has 108 valence electrons. The number of aromatic nitrogens is 1. The number of para-hydroxylation sites is 1. The second-order valence-electron chi connectivity index (χ2n) is 5.23. The normalized spacial score (nSPS) is 10.5. The molecule has 0 atom stereocenters. The summed E-state index contributed by atoms with van der Waals surface area (Å²) in [6.07, 6.45) is 0. The molecule has 0 aliphatic heterocycles. The van der Waals surface area contributed by atoms with Gasteiger partial charge in [0.15, 0.2) is 0 Å². The Morgan fingerprint density at radius 2 is 1.91 bits per heavy atom. The highest BCUT2D eigenvalue weighted by atomic mass is 19.1. The zero-order valence-electron chi connectivity index (χ0n) is 12.3. The predicted octanol–water partition coefficient (Wildman–Crippen LogP) is 4.61. The van der Waals surface area contributed by atoms with Crippen LogP contribution in [0.25, 0.3) is 10.9 Å². The van der Waals surface area contributed by atoms with Crippen LogP contribution in [-0.2, 0) is 0 Å². The number of halogens is 1. The Morgan fingerprint density at radius 1 is 1.09 bits per heavy atom. The number of anilines is 2. The molecule has 1 heterocycles. The van der Waals surface area contributed by atoms with Gasteiger partial charge in [-0.25, -0.2) is 9.37 Å². The summed E-state index contributed by atoms with van der Waals surface area (Å²) in [5, 5.41) is 13.0. The Hall–Kier alpha value is -2.93. The first-order valence-electron chi connectivity index (χ1n) is 6.92. The number of rotatable bonds is 2. The van der Waals surface area contributed by atoms with E-state index >= 15 is 0 Å². The lowest BCUT2D eigenvalue weighted by Gasteiger charge is -2.12. The minimum Gasteiger partial charge on any atom is -0.355 e. The van der Waals surface area contributed by atoms with Crippen LogP contribution in [0.1, 0.15) is 16.8 Å². The molecule has 0 radical (unpaired) electrons. The molecule has 22 heavy (non-hydrogen) atoms. The molecule has 0 saturated heterocycles. The SMILES string of the molecule is Cc1ccc(Nc2cc(C#N)nc3c(F)cccc23)cc1C. The Kier molecular flexibility index (Phi) is 3.48. The summed E-state index contributed by atoms with van der Waals surface area (Å²) < 4.78 is 13.9. The number of pyridine rings is 1. The molecule has 0 aliphatic carbocycles. The number of aryl methyl sites for hydroxylation is 2. The molecule has 0 spiro atoms. The van der Waals surface area contributed by atoms with Crippen molar-refractivity contribution in [2.45, 2.75) is 13.8 Å². The lowest BCUT2D eigenvalue weighted by atomic mass is 10.1. The van der Waals surface area contributed by atoms with Crippen molar-refractivity contribution in [3.8, 4) is 6.07 Å². The summed E-state index contributed by atoms with van der Waals surface area (Å²) >= 11 is 0. The number of nitrogens with zero attached hydrogens (tertiary/aromatic N) is 2. The Balaban J connectivity index is 2.15. The lowest BCUT2D eigenvalue weighted by molar-refractivity contribution is 0.637. The fraction of sp³-hybridized carbons (Fsp3) is 0.111. The standard InChI is InChI=1S/C18H14FN3/c1-11-6-7-13(8-12(11)2)21-17-9-14(10-20)22-18-15(17)4-3-5-16(18)19/h3-9H,1-2H3,(H,21,22). The molecule has 0 amide bonds. The quantitative estimate of drug-likeness (QED) is 0.750. The molecular formula is C18H14FN3. The molecule has 0 unspecified atom stereocenters. The molecule has 4 heteroatoms. The summed E-state index contributed by atoms with van der Waals surface area (Å²) in [4.78, 5) is 4.05. The largest absolute Gasteiger partial charge is 0.355 e. The van der Waals surface area contributed by atoms with Gasteiger partial charge in [0.05, 0.1) is 5.69 Å². The topological polar surface area (TPSA) is 48.7 Å². The van der Waals surface area contributed by atoms with E-state index in [0.29, 0.717) is 11.1 Å². The van der Waals surface area contributed by atoms with Crippen LogP contribution in [0.5, 0.6) is 0 Å². The first kappa shape index (κ1) is 14.0. The van der Waals surface area contributed by atoms with Gasteiger partial charge < -0.3 is 5.32 Å². The van der Waals surface area contributed by atoms with Crippen LogP contribution in [0.3, 0.4) is 0 Å². The van der Waals surface area contributed by atoms with Crippen molar-refractivity contribution >= 4 is 22.3 Å². The first-order chi connectivity index (χ1) is 10.6. The van der Waals surface area contributed by atoms with E-state index in [1.54, 1.807) is 18.2 Å². The highest BCUT2D eigenvalue weighted by Crippen LogP contribution is 2.28. The van der Waals surface area contributed by atoms with Crippen molar-refractivity contribution in [1.82, 2.24) is 4.98 Å². The molecule has 3 rings (SSSR count). The van der Waals surface area contributed by atoms with Gasteiger partial charge in [0.25, 0.3) is 0 Å². The third kappa shape index (κ3) is 2.49. The van der Waals surface area contributed by atoms with Crippen LogP contribution in [0.2, 0.25) is 0 Å². The van der Waals surface area contributed by atoms with Crippen LogP contribution in [0.4, 0.5) is 15.8 Å². The van der Waals surface area contributed by atoms with E-state index in [2.05, 4.69) is 10.3 Å². The summed E-state index contributed by atoms with van der Waals surface area (Å²) in [6, 6.07) is 14.4. The van der Waals surface area contributed by atoms with Crippen molar-refractivity contribution in [2.24, 2.45) is 0 Å². The Labute approximate surface area is 128 Å². The zero-order valence-corrected chi connectivity index (χ0v) is 12.3. The average molecular weight is 291 g/mol. The molecule has 0 fully saturated rings. The number of fused-ring (bicyclic) bond motifs is 1. The fourth-order valence-electron chi connectivity index (χ4n) is 2.35. The lowest BCUT2D eigenvalue weighted by Crippen LogP contribution is -1.97. The van der Waals surface area contributed by atoms with Crippen LogP contribution in [0, 0.1) is 31.0 Å². The van der Waals surface area contributed by atoms with Crippen molar-refractivity contribution < 1.29 is 4.39 Å². The van der Waals surface area contributed by atoms with E-state index in [1.807, 2.05) is 38.1 Å². The summed E-state index contributed by atoms with van der Waals surface area (Å²) in [6.45, 7) is 4.08. The predicted molar refractivity (Wildman–Crippen MR) is 85.6 cm³/mol. The van der Waals surface area contributed by atoms with Gasteiger partial charge in [-0.1, -0.05) is 18.2 Å². The molecule has 0 aliphatic rings. The van der Waals surface area contributed by atoms with Gasteiger partial charge in [0.2, 0.25) is 0 Å². The van der Waals surface area contributed by atoms with Gasteiger partial charge in [-0.2, -0.15) is 5.26 Å². The summed E-state index contributed by atoms with van der Waals surface area (Å²) in [7, 11) is 0. The van der Waals surface area contributed by atoms with E-state index in [4.69, 9.17) is 5.26 Å². The van der Waals surface area contributed by atoms with Gasteiger partial charge in [0, 0.05) is 11.1 Å². The molecule has 0 bridgehead atoms. The van der Waals surface area contributed by atoms with Crippen LogP contribution < -0.4 is 5.32 Å². The number of nitriles is 1. The van der Waals surface area contributed by atoms with Crippen molar-refractivity contribution in [3.05, 3.63) is 65.1 Å². The van der Waals surface area contributed by atoms with Gasteiger partial charge in [-0.15, -0.1) is 0 Å². The molecule has 2 aromatic carbocycles. The van der Waals surface area contributed by atoms with E-state index in [1.165, 1.54) is 11.6 Å². The number of benzene rings is 2. The summed E-state index contributed by atoms with van der Waals surface area (Å²) in [5.74, 6) is -0.433. The van der Waals surface area contributed by atoms with E-state index in [-0.39, 0.29) is 11.2 Å². The highest BCUT2D eigenvalue weighted by molar-refractivity contribution is 5.94. The monoisotopic (exact) mass is 291 g/mol. The third-order valence-corrected chi connectivity index (χ3v) is 3.69. The second-order valence-corrected chi connectivity index (χ2v) is 5.23. The first-order valence-corrected chi connectivity index (χ1v) is 6.92. The molecular weight excluding hydrogens is 277 g/mol. The third-order valence-electron chi connectivity index (χ3n) is 3.69. The molecule has 0 saturated carbocycles. The van der Waals surface area contributed by atoms with Gasteiger partial charge in [-0.3, -0.25) is 0 Å². The van der Waals surface area contributed by atoms with Crippen molar-refractivity contribution in [2.75, 3.05) is 5.32 Å². The average Bonchev–Trinajstić information content (AvgIpc) is 2.51. The smallest absolute Gasteiger partial charge is 0.149 e. The van der Waals surface area contributed by atoms with E-state index < -0.39 is 5.82 Å². The highest BCUT2D eigenvalue weighted by Gasteiger charge is 2.10. The van der Waals surface area contributed by atoms with Crippen LogP contribution in [0.15, 0.2) is 42.5 Å². The molecule has 3 nitrogen and oxygen atoms in total. The number of hydrogen-bond acceptors (Lipinski definition) is 3. The van der Waals surface area contributed by atoms with Crippen molar-refractivity contribution in [1.29, 1.82) is 5.26 Å². The minimum absolute atomic E-state index is 0.184. The maximum atomic E-state index is 13.9. The number of nitrogens with one attached hydrogen (secondary N) is 1. The molecule has 3 aromatic rings. The Bertz CT molecular complexity index is 910. The summed E-state index contributed by atoms with van der Waals surface area (Å²) in [5.41, 5.74) is 4.31. The maximum Gasteiger partial charge on any atom is 0.149 e. The van der Waals surface area contributed by atoms with E-state index in [9.17, 15) is 4.39 Å². The zero-order chi connectivity index (χ0) is 15.7. The van der Waals surface area contributed by atoms with Crippen molar-refractivity contribution in [3.63, 3.8) is 0 Å².